The number of anilines is 1. The van der Waals surface area contributed by atoms with Gasteiger partial charge in [-0.1, -0.05) is 6.07 Å². The lowest BCUT2D eigenvalue weighted by atomic mass is 10.1. The number of hydrogen-bond acceptors (Lipinski definition) is 4. The van der Waals surface area contributed by atoms with E-state index in [1.165, 1.54) is 0 Å². The van der Waals surface area contributed by atoms with Crippen molar-refractivity contribution < 1.29 is 14.3 Å². The Morgan fingerprint density at radius 2 is 2.20 bits per heavy atom. The van der Waals surface area contributed by atoms with Crippen molar-refractivity contribution in [2.75, 3.05) is 31.1 Å². The first kappa shape index (κ1) is 19.5. The van der Waals surface area contributed by atoms with Crippen LogP contribution in [0.1, 0.15) is 26.2 Å². The summed E-state index contributed by atoms with van der Waals surface area (Å²) in [6.45, 7) is 4.13. The van der Waals surface area contributed by atoms with Gasteiger partial charge in [-0.15, -0.1) is 12.4 Å². The van der Waals surface area contributed by atoms with Crippen LogP contribution in [0.2, 0.25) is 0 Å². The van der Waals surface area contributed by atoms with Crippen LogP contribution in [0.4, 0.5) is 5.69 Å². The predicted octanol–water partition coefficient (Wildman–Crippen LogP) is 1.81. The Bertz CT molecular complexity index is 625. The highest BCUT2D eigenvalue weighted by Gasteiger charge is 2.31. The third-order valence-electron chi connectivity index (χ3n) is 4.88. The zero-order valence-electron chi connectivity index (χ0n) is 14.5. The van der Waals surface area contributed by atoms with E-state index in [0.717, 1.165) is 25.1 Å². The van der Waals surface area contributed by atoms with Crippen molar-refractivity contribution >= 4 is 29.9 Å². The molecule has 0 aliphatic carbocycles. The van der Waals surface area contributed by atoms with Crippen molar-refractivity contribution in [3.63, 3.8) is 0 Å². The summed E-state index contributed by atoms with van der Waals surface area (Å²) in [6.07, 6.45) is 2.44. The first-order chi connectivity index (χ1) is 11.6. The summed E-state index contributed by atoms with van der Waals surface area (Å²) in [6, 6.07) is 7.60. The van der Waals surface area contributed by atoms with Crippen molar-refractivity contribution in [3.05, 3.63) is 24.3 Å². The molecule has 2 fully saturated rings. The summed E-state index contributed by atoms with van der Waals surface area (Å²) in [7, 11) is 0. The first-order valence-corrected chi connectivity index (χ1v) is 8.61. The van der Waals surface area contributed by atoms with Crippen LogP contribution in [-0.4, -0.2) is 49.0 Å². The number of rotatable bonds is 5. The van der Waals surface area contributed by atoms with Crippen LogP contribution in [0.15, 0.2) is 24.3 Å². The number of ether oxygens (including phenoxy) is 1. The molecule has 3 rings (SSSR count). The van der Waals surface area contributed by atoms with Crippen LogP contribution in [0.25, 0.3) is 0 Å². The molecule has 2 aliphatic heterocycles. The molecular weight excluding hydrogens is 342 g/mol. The van der Waals surface area contributed by atoms with E-state index in [1.807, 2.05) is 36.1 Å². The lowest BCUT2D eigenvalue weighted by Crippen LogP contribution is -2.37. The lowest BCUT2D eigenvalue weighted by Gasteiger charge is -2.22. The molecule has 2 saturated heterocycles. The Morgan fingerprint density at radius 3 is 2.84 bits per heavy atom. The SMILES string of the molecule is CC1CC(CN)CN1C(=O)COc1cccc(N2CCCC2=O)c1.Cl. The van der Waals surface area contributed by atoms with Crippen LogP contribution in [0.3, 0.4) is 0 Å². The number of nitrogens with two attached hydrogens (primary N) is 1. The highest BCUT2D eigenvalue weighted by Crippen LogP contribution is 2.26. The highest BCUT2D eigenvalue weighted by molar-refractivity contribution is 5.95. The van der Waals surface area contributed by atoms with Crippen LogP contribution in [0.5, 0.6) is 5.75 Å². The number of likely N-dealkylation sites (tertiary alicyclic amines) is 1. The number of halogens is 1. The molecule has 6 nitrogen and oxygen atoms in total. The molecule has 0 bridgehead atoms. The van der Waals surface area contributed by atoms with Crippen molar-refractivity contribution in [2.45, 2.75) is 32.2 Å². The number of hydrogen-bond donors (Lipinski definition) is 1. The molecule has 2 N–H and O–H groups in total. The maximum Gasteiger partial charge on any atom is 0.260 e. The third-order valence-corrected chi connectivity index (χ3v) is 4.88. The summed E-state index contributed by atoms with van der Waals surface area (Å²) >= 11 is 0. The molecule has 0 aromatic heterocycles. The maximum absolute atomic E-state index is 12.4. The fourth-order valence-electron chi connectivity index (χ4n) is 3.55. The zero-order chi connectivity index (χ0) is 17.1. The van der Waals surface area contributed by atoms with Gasteiger partial charge in [0.25, 0.3) is 5.91 Å². The number of carbonyl (C=O) groups is 2. The highest BCUT2D eigenvalue weighted by atomic mass is 35.5. The van der Waals surface area contributed by atoms with Gasteiger partial charge in [0.1, 0.15) is 5.75 Å². The summed E-state index contributed by atoms with van der Waals surface area (Å²) in [5.74, 6) is 1.12. The first-order valence-electron chi connectivity index (χ1n) is 8.61. The van der Waals surface area contributed by atoms with E-state index in [9.17, 15) is 9.59 Å². The fourth-order valence-corrected chi connectivity index (χ4v) is 3.55. The van der Waals surface area contributed by atoms with Gasteiger partial charge in [-0.05, 0) is 44.4 Å². The molecule has 138 valence electrons. The summed E-state index contributed by atoms with van der Waals surface area (Å²) in [5.41, 5.74) is 6.54. The van der Waals surface area contributed by atoms with Crippen LogP contribution >= 0.6 is 12.4 Å². The second-order valence-corrected chi connectivity index (χ2v) is 6.67. The zero-order valence-corrected chi connectivity index (χ0v) is 15.3. The van der Waals surface area contributed by atoms with E-state index in [2.05, 4.69) is 0 Å². The molecule has 0 saturated carbocycles. The minimum absolute atomic E-state index is 0. The molecule has 1 aromatic carbocycles. The van der Waals surface area contributed by atoms with E-state index in [4.69, 9.17) is 10.5 Å². The largest absolute Gasteiger partial charge is 0.484 e. The van der Waals surface area contributed by atoms with Crippen molar-refractivity contribution in [1.29, 1.82) is 0 Å². The lowest BCUT2D eigenvalue weighted by molar-refractivity contribution is -0.134. The minimum Gasteiger partial charge on any atom is -0.484 e. The Labute approximate surface area is 154 Å². The van der Waals surface area contributed by atoms with Gasteiger partial charge in [0, 0.05) is 37.3 Å². The molecule has 0 radical (unpaired) electrons. The van der Waals surface area contributed by atoms with Gasteiger partial charge in [-0.2, -0.15) is 0 Å². The second kappa shape index (κ2) is 8.54. The van der Waals surface area contributed by atoms with E-state index in [0.29, 0.717) is 31.2 Å². The number of benzene rings is 1. The molecule has 2 atom stereocenters. The quantitative estimate of drug-likeness (QED) is 0.861. The average molecular weight is 368 g/mol. The number of nitrogens with zero attached hydrogens (tertiary/aromatic N) is 2. The summed E-state index contributed by atoms with van der Waals surface area (Å²) in [4.78, 5) is 27.8. The standard InChI is InChI=1S/C18H25N3O3.ClH/c1-13-8-14(10-19)11-21(13)18(23)12-24-16-5-2-4-15(9-16)20-7-3-6-17(20)22;/h2,4-5,9,13-14H,3,6-8,10-12,19H2,1H3;1H. The molecular formula is C18H26ClN3O3. The van der Waals surface area contributed by atoms with Gasteiger partial charge in [0.05, 0.1) is 0 Å². The average Bonchev–Trinajstić information content (AvgIpc) is 3.18. The van der Waals surface area contributed by atoms with Gasteiger partial charge in [-0.3, -0.25) is 9.59 Å². The van der Waals surface area contributed by atoms with Gasteiger partial charge in [0.15, 0.2) is 6.61 Å². The van der Waals surface area contributed by atoms with Crippen molar-refractivity contribution in [3.8, 4) is 5.75 Å². The molecule has 2 amide bonds. The van der Waals surface area contributed by atoms with E-state index >= 15 is 0 Å². The predicted molar refractivity (Wildman–Crippen MR) is 99.1 cm³/mol. The molecule has 1 aromatic rings. The third kappa shape index (κ3) is 4.44. The normalized spacial score (nSPS) is 22.9. The topological polar surface area (TPSA) is 75.9 Å². The molecule has 25 heavy (non-hydrogen) atoms. The molecule has 2 unspecified atom stereocenters. The monoisotopic (exact) mass is 367 g/mol. The van der Waals surface area contributed by atoms with Gasteiger partial charge in [0.2, 0.25) is 5.91 Å². The molecule has 0 spiro atoms. The maximum atomic E-state index is 12.4. The second-order valence-electron chi connectivity index (χ2n) is 6.67. The van der Waals surface area contributed by atoms with Gasteiger partial charge < -0.3 is 20.3 Å². The van der Waals surface area contributed by atoms with Crippen LogP contribution in [-0.2, 0) is 9.59 Å². The van der Waals surface area contributed by atoms with E-state index in [1.54, 1.807) is 4.90 Å². The smallest absolute Gasteiger partial charge is 0.260 e. The summed E-state index contributed by atoms with van der Waals surface area (Å²) < 4.78 is 5.67. The van der Waals surface area contributed by atoms with Gasteiger partial charge in [-0.25, -0.2) is 0 Å². The van der Waals surface area contributed by atoms with E-state index < -0.39 is 0 Å². The Hall–Kier alpha value is -1.79. The summed E-state index contributed by atoms with van der Waals surface area (Å²) in [5, 5.41) is 0. The van der Waals surface area contributed by atoms with Crippen molar-refractivity contribution in [1.82, 2.24) is 4.90 Å². The Balaban J connectivity index is 0.00000225. The van der Waals surface area contributed by atoms with Crippen LogP contribution < -0.4 is 15.4 Å². The Morgan fingerprint density at radius 1 is 1.40 bits per heavy atom. The van der Waals surface area contributed by atoms with E-state index in [-0.39, 0.29) is 36.9 Å². The molecule has 2 aliphatic rings. The van der Waals surface area contributed by atoms with Crippen molar-refractivity contribution in [2.24, 2.45) is 11.7 Å². The molecule has 7 heteroatoms. The number of carbonyl (C=O) groups excluding carboxylic acids is 2. The number of amides is 2. The fraction of sp³-hybridized carbons (Fsp3) is 0.556. The minimum atomic E-state index is -0.0129. The molecule has 2 heterocycles. The van der Waals surface area contributed by atoms with Crippen LogP contribution in [0, 0.1) is 5.92 Å². The Kier molecular flexibility index (Phi) is 6.67. The van der Waals surface area contributed by atoms with Gasteiger partial charge >= 0.3 is 0 Å².